The van der Waals surface area contributed by atoms with E-state index in [-0.39, 0.29) is 42.4 Å². The average molecular weight is 341 g/mol. The molecule has 3 amide bonds. The van der Waals surface area contributed by atoms with Gasteiger partial charge in [0.05, 0.1) is 12.2 Å². The second-order valence-corrected chi connectivity index (χ2v) is 5.77. The summed E-state index contributed by atoms with van der Waals surface area (Å²) in [6.07, 6.45) is 1.62. The highest BCUT2D eigenvalue weighted by Gasteiger charge is 2.34. The lowest BCUT2D eigenvalue weighted by Crippen LogP contribution is -2.38. The molecule has 1 aromatic heterocycles. The second kappa shape index (κ2) is 7.65. The van der Waals surface area contributed by atoms with E-state index in [1.54, 1.807) is 17.0 Å². The molecule has 2 heterocycles. The smallest absolute Gasteiger partial charge is 0.287 e. The number of anilines is 1. The van der Waals surface area contributed by atoms with Crippen LogP contribution >= 0.6 is 0 Å². The highest BCUT2D eigenvalue weighted by molar-refractivity contribution is 6.00. The lowest BCUT2D eigenvalue weighted by atomic mass is 10.1. The van der Waals surface area contributed by atoms with Crippen molar-refractivity contribution in [2.24, 2.45) is 5.92 Å². The SMILES string of the molecule is O=C(NCCNC(=O)[C@H]1CC(=O)N(c2ccccc2)C1)c1ccco1. The first kappa shape index (κ1) is 16.8. The lowest BCUT2D eigenvalue weighted by molar-refractivity contribution is -0.126. The van der Waals surface area contributed by atoms with Crippen LogP contribution in [0.5, 0.6) is 0 Å². The van der Waals surface area contributed by atoms with Gasteiger partial charge in [0.1, 0.15) is 0 Å². The average Bonchev–Trinajstić information content (AvgIpc) is 3.29. The van der Waals surface area contributed by atoms with Gasteiger partial charge in [-0.25, -0.2) is 0 Å². The van der Waals surface area contributed by atoms with E-state index in [0.717, 1.165) is 5.69 Å². The molecule has 1 fully saturated rings. The fraction of sp³-hybridized carbons (Fsp3) is 0.278. The molecule has 0 aliphatic carbocycles. The van der Waals surface area contributed by atoms with Crippen LogP contribution in [0, 0.1) is 5.92 Å². The number of carbonyl (C=O) groups excluding carboxylic acids is 3. The number of benzene rings is 1. The molecule has 1 atom stereocenters. The van der Waals surface area contributed by atoms with Crippen molar-refractivity contribution < 1.29 is 18.8 Å². The Morgan fingerprint density at radius 2 is 1.84 bits per heavy atom. The van der Waals surface area contributed by atoms with E-state index in [4.69, 9.17) is 4.42 Å². The van der Waals surface area contributed by atoms with Crippen LogP contribution in [0.1, 0.15) is 17.0 Å². The van der Waals surface area contributed by atoms with Crippen LogP contribution < -0.4 is 15.5 Å². The molecule has 7 heteroatoms. The Labute approximate surface area is 145 Å². The third-order valence-corrected chi connectivity index (χ3v) is 4.02. The molecule has 1 aromatic carbocycles. The number of nitrogens with one attached hydrogen (secondary N) is 2. The summed E-state index contributed by atoms with van der Waals surface area (Å²) in [5.41, 5.74) is 0.800. The zero-order chi connectivity index (χ0) is 17.6. The van der Waals surface area contributed by atoms with E-state index < -0.39 is 0 Å². The normalized spacial score (nSPS) is 16.7. The van der Waals surface area contributed by atoms with E-state index in [0.29, 0.717) is 13.1 Å². The van der Waals surface area contributed by atoms with Gasteiger partial charge in [-0.15, -0.1) is 0 Å². The minimum absolute atomic E-state index is 0.0579. The molecule has 1 aliphatic rings. The number of rotatable bonds is 6. The molecule has 0 bridgehead atoms. The molecule has 0 spiro atoms. The highest BCUT2D eigenvalue weighted by atomic mass is 16.3. The molecule has 3 rings (SSSR count). The zero-order valence-electron chi connectivity index (χ0n) is 13.6. The number of hydrogen-bond acceptors (Lipinski definition) is 4. The van der Waals surface area contributed by atoms with E-state index in [1.807, 2.05) is 30.3 Å². The molecule has 25 heavy (non-hydrogen) atoms. The first-order valence-corrected chi connectivity index (χ1v) is 8.10. The first-order chi connectivity index (χ1) is 12.1. The van der Waals surface area contributed by atoms with Gasteiger partial charge in [0, 0.05) is 31.7 Å². The summed E-state index contributed by atoms with van der Waals surface area (Å²) in [4.78, 5) is 37.6. The molecule has 1 aliphatic heterocycles. The largest absolute Gasteiger partial charge is 0.459 e. The Bertz CT molecular complexity index is 743. The van der Waals surface area contributed by atoms with Crippen LogP contribution in [0.4, 0.5) is 5.69 Å². The van der Waals surface area contributed by atoms with Crippen LogP contribution in [-0.2, 0) is 9.59 Å². The van der Waals surface area contributed by atoms with Crippen LogP contribution in [-0.4, -0.2) is 37.4 Å². The molecule has 7 nitrogen and oxygen atoms in total. The van der Waals surface area contributed by atoms with Gasteiger partial charge in [-0.1, -0.05) is 18.2 Å². The number of hydrogen-bond donors (Lipinski definition) is 2. The Morgan fingerprint density at radius 3 is 2.56 bits per heavy atom. The lowest BCUT2D eigenvalue weighted by Gasteiger charge is -2.16. The summed E-state index contributed by atoms with van der Waals surface area (Å²) >= 11 is 0. The fourth-order valence-corrected chi connectivity index (χ4v) is 2.74. The molecule has 1 saturated heterocycles. The third-order valence-electron chi connectivity index (χ3n) is 4.02. The Kier molecular flexibility index (Phi) is 5.13. The predicted molar refractivity (Wildman–Crippen MR) is 91.0 cm³/mol. The number of furan rings is 1. The van der Waals surface area contributed by atoms with Crippen molar-refractivity contribution >= 4 is 23.4 Å². The molecule has 2 N–H and O–H groups in total. The second-order valence-electron chi connectivity index (χ2n) is 5.77. The maximum absolute atomic E-state index is 12.2. The Morgan fingerprint density at radius 1 is 1.08 bits per heavy atom. The highest BCUT2D eigenvalue weighted by Crippen LogP contribution is 2.24. The fourth-order valence-electron chi connectivity index (χ4n) is 2.74. The van der Waals surface area contributed by atoms with Crippen LogP contribution in [0.25, 0.3) is 0 Å². The van der Waals surface area contributed by atoms with E-state index in [2.05, 4.69) is 10.6 Å². The quantitative estimate of drug-likeness (QED) is 0.772. The summed E-state index contributed by atoms with van der Waals surface area (Å²) in [7, 11) is 0. The monoisotopic (exact) mass is 341 g/mol. The summed E-state index contributed by atoms with van der Waals surface area (Å²) in [6.45, 7) is 0.948. The van der Waals surface area contributed by atoms with E-state index in [1.165, 1.54) is 6.26 Å². The van der Waals surface area contributed by atoms with Gasteiger partial charge >= 0.3 is 0 Å². The van der Waals surface area contributed by atoms with Crippen molar-refractivity contribution in [2.45, 2.75) is 6.42 Å². The van der Waals surface area contributed by atoms with Crippen molar-refractivity contribution in [3.8, 4) is 0 Å². The minimum atomic E-state index is -0.381. The number of amides is 3. The van der Waals surface area contributed by atoms with E-state index >= 15 is 0 Å². The van der Waals surface area contributed by atoms with Gasteiger partial charge in [0.2, 0.25) is 11.8 Å². The van der Waals surface area contributed by atoms with Crippen molar-refractivity contribution in [3.63, 3.8) is 0 Å². The van der Waals surface area contributed by atoms with Crippen molar-refractivity contribution in [1.82, 2.24) is 10.6 Å². The molecule has 0 saturated carbocycles. The standard InChI is InChI=1S/C18H19N3O4/c22-16-11-13(12-21(16)14-5-2-1-3-6-14)17(23)19-8-9-20-18(24)15-7-4-10-25-15/h1-7,10,13H,8-9,11-12H2,(H,19,23)(H,20,24)/t13-/m0/s1. The third kappa shape index (κ3) is 4.06. The number of para-hydroxylation sites is 1. The molecular formula is C18H19N3O4. The molecule has 0 radical (unpaired) electrons. The van der Waals surface area contributed by atoms with Gasteiger partial charge in [0.15, 0.2) is 5.76 Å². The number of carbonyl (C=O) groups is 3. The first-order valence-electron chi connectivity index (χ1n) is 8.10. The van der Waals surface area contributed by atoms with E-state index in [9.17, 15) is 14.4 Å². The summed E-state index contributed by atoms with van der Waals surface area (Å²) in [6, 6.07) is 12.5. The summed E-state index contributed by atoms with van der Waals surface area (Å²) in [5.74, 6) is -0.721. The Hall–Kier alpha value is -3.09. The molecule has 130 valence electrons. The summed E-state index contributed by atoms with van der Waals surface area (Å²) < 4.78 is 4.98. The van der Waals surface area contributed by atoms with Crippen molar-refractivity contribution in [2.75, 3.05) is 24.5 Å². The minimum Gasteiger partial charge on any atom is -0.459 e. The molecular weight excluding hydrogens is 322 g/mol. The molecule has 2 aromatic rings. The predicted octanol–water partition coefficient (Wildman–Crippen LogP) is 1.18. The molecule has 0 unspecified atom stereocenters. The maximum atomic E-state index is 12.2. The van der Waals surface area contributed by atoms with Crippen LogP contribution in [0.2, 0.25) is 0 Å². The van der Waals surface area contributed by atoms with Crippen molar-refractivity contribution in [3.05, 3.63) is 54.5 Å². The topological polar surface area (TPSA) is 91.7 Å². The van der Waals surface area contributed by atoms with Gasteiger partial charge < -0.3 is 20.0 Å². The van der Waals surface area contributed by atoms with Crippen LogP contribution in [0.15, 0.2) is 53.1 Å². The van der Waals surface area contributed by atoms with Gasteiger partial charge in [-0.2, -0.15) is 0 Å². The zero-order valence-corrected chi connectivity index (χ0v) is 13.6. The Balaban J connectivity index is 1.43. The maximum Gasteiger partial charge on any atom is 0.287 e. The summed E-state index contributed by atoms with van der Waals surface area (Å²) in [5, 5.41) is 5.40. The van der Waals surface area contributed by atoms with Crippen LogP contribution in [0.3, 0.4) is 0 Å². The van der Waals surface area contributed by atoms with Gasteiger partial charge in [-0.05, 0) is 24.3 Å². The van der Waals surface area contributed by atoms with Gasteiger partial charge in [-0.3, -0.25) is 14.4 Å². The van der Waals surface area contributed by atoms with Gasteiger partial charge in [0.25, 0.3) is 5.91 Å². The number of nitrogens with zero attached hydrogens (tertiary/aromatic N) is 1. The van der Waals surface area contributed by atoms with Crippen molar-refractivity contribution in [1.29, 1.82) is 0 Å².